The van der Waals surface area contributed by atoms with E-state index in [0.717, 1.165) is 11.1 Å². The highest BCUT2D eigenvalue weighted by Crippen LogP contribution is 2.29. The summed E-state index contributed by atoms with van der Waals surface area (Å²) in [5, 5.41) is 3.79. The summed E-state index contributed by atoms with van der Waals surface area (Å²) >= 11 is 5.87. The fourth-order valence-corrected chi connectivity index (χ4v) is 2.81. The van der Waals surface area contributed by atoms with Gasteiger partial charge in [0.05, 0.1) is 12.9 Å². The second-order valence-corrected chi connectivity index (χ2v) is 8.40. The summed E-state index contributed by atoms with van der Waals surface area (Å²) in [6.07, 6.45) is 1.23. The van der Waals surface area contributed by atoms with Gasteiger partial charge in [-0.2, -0.15) is 0 Å². The van der Waals surface area contributed by atoms with Crippen LogP contribution in [0.1, 0.15) is 11.1 Å². The highest BCUT2D eigenvalue weighted by Gasteiger charge is 2.07. The number of rotatable bonds is 9. The van der Waals surface area contributed by atoms with E-state index < -0.39 is 9.84 Å². The van der Waals surface area contributed by atoms with Crippen molar-refractivity contribution >= 4 is 21.4 Å². The molecule has 0 aromatic heterocycles. The van der Waals surface area contributed by atoms with Gasteiger partial charge in [0.25, 0.3) is 0 Å². The average molecular weight is 384 g/mol. The van der Waals surface area contributed by atoms with Crippen LogP contribution in [0.5, 0.6) is 11.5 Å². The van der Waals surface area contributed by atoms with Gasteiger partial charge in [-0.05, 0) is 35.4 Å². The second kappa shape index (κ2) is 9.08. The molecule has 0 saturated heterocycles. The van der Waals surface area contributed by atoms with Gasteiger partial charge in [-0.15, -0.1) is 0 Å². The third kappa shape index (κ3) is 6.94. The van der Waals surface area contributed by atoms with E-state index in [-0.39, 0.29) is 5.75 Å². The molecule has 0 radical (unpaired) electrons. The molecule has 0 heterocycles. The van der Waals surface area contributed by atoms with Gasteiger partial charge in [-0.25, -0.2) is 8.42 Å². The Balaban J connectivity index is 1.92. The van der Waals surface area contributed by atoms with E-state index in [0.29, 0.717) is 36.2 Å². The minimum Gasteiger partial charge on any atom is -0.493 e. The van der Waals surface area contributed by atoms with Crippen LogP contribution in [0.4, 0.5) is 0 Å². The van der Waals surface area contributed by atoms with Crippen molar-refractivity contribution in [2.75, 3.05) is 25.7 Å². The predicted molar refractivity (Wildman–Crippen MR) is 100 cm³/mol. The molecule has 0 saturated carbocycles. The molecule has 0 aliphatic heterocycles. The van der Waals surface area contributed by atoms with Crippen LogP contribution in [0.2, 0.25) is 5.02 Å². The van der Waals surface area contributed by atoms with Crippen LogP contribution in [0, 0.1) is 0 Å². The Hall–Kier alpha value is -1.76. The Kier molecular flexibility index (Phi) is 7.11. The molecule has 25 heavy (non-hydrogen) atoms. The average Bonchev–Trinajstić information content (AvgIpc) is 2.58. The van der Waals surface area contributed by atoms with Crippen molar-refractivity contribution in [3.8, 4) is 11.5 Å². The van der Waals surface area contributed by atoms with Gasteiger partial charge in [0.1, 0.15) is 16.4 Å². The summed E-state index contributed by atoms with van der Waals surface area (Å²) in [5.74, 6) is 1.40. The maximum atomic E-state index is 11.1. The first-order valence-electron chi connectivity index (χ1n) is 7.80. The molecular formula is C18H22ClNO4S. The second-order valence-electron chi connectivity index (χ2n) is 5.71. The number of methoxy groups -OCH3 is 1. The van der Waals surface area contributed by atoms with Crippen molar-refractivity contribution in [2.45, 2.75) is 13.2 Å². The number of nitrogens with one attached hydrogen (secondary N) is 1. The van der Waals surface area contributed by atoms with E-state index in [4.69, 9.17) is 21.1 Å². The SMILES string of the molecule is COc1cc(CNCCS(C)(=O)=O)ccc1OCc1ccc(Cl)cc1. The van der Waals surface area contributed by atoms with Crippen molar-refractivity contribution in [1.82, 2.24) is 5.32 Å². The van der Waals surface area contributed by atoms with Crippen molar-refractivity contribution in [1.29, 1.82) is 0 Å². The lowest BCUT2D eigenvalue weighted by atomic mass is 10.2. The van der Waals surface area contributed by atoms with Gasteiger partial charge in [0.15, 0.2) is 11.5 Å². The van der Waals surface area contributed by atoms with Crippen LogP contribution < -0.4 is 14.8 Å². The Labute approximate surface area is 153 Å². The summed E-state index contributed by atoms with van der Waals surface area (Å²) < 4.78 is 33.4. The van der Waals surface area contributed by atoms with Crippen molar-refractivity contribution < 1.29 is 17.9 Å². The van der Waals surface area contributed by atoms with Gasteiger partial charge in [0, 0.05) is 24.4 Å². The molecule has 0 amide bonds. The third-order valence-corrected chi connectivity index (χ3v) is 4.71. The van der Waals surface area contributed by atoms with E-state index in [1.807, 2.05) is 42.5 Å². The molecule has 0 atom stereocenters. The first-order valence-corrected chi connectivity index (χ1v) is 10.2. The minimum absolute atomic E-state index is 0.117. The van der Waals surface area contributed by atoms with E-state index in [2.05, 4.69) is 5.32 Å². The fraction of sp³-hybridized carbons (Fsp3) is 0.333. The Morgan fingerprint density at radius 3 is 2.36 bits per heavy atom. The van der Waals surface area contributed by atoms with E-state index >= 15 is 0 Å². The molecule has 5 nitrogen and oxygen atoms in total. The van der Waals surface area contributed by atoms with Crippen LogP contribution in [-0.4, -0.2) is 34.1 Å². The third-order valence-electron chi connectivity index (χ3n) is 3.51. The van der Waals surface area contributed by atoms with Crippen molar-refractivity contribution in [3.05, 3.63) is 58.6 Å². The van der Waals surface area contributed by atoms with Gasteiger partial charge in [-0.3, -0.25) is 0 Å². The smallest absolute Gasteiger partial charge is 0.161 e. The summed E-state index contributed by atoms with van der Waals surface area (Å²) in [4.78, 5) is 0. The highest BCUT2D eigenvalue weighted by atomic mass is 35.5. The minimum atomic E-state index is -2.95. The monoisotopic (exact) mass is 383 g/mol. The van der Waals surface area contributed by atoms with Crippen LogP contribution in [0.15, 0.2) is 42.5 Å². The maximum Gasteiger partial charge on any atom is 0.161 e. The predicted octanol–water partition coefficient (Wildman–Crippen LogP) is 3.06. The van der Waals surface area contributed by atoms with Crippen molar-refractivity contribution in [3.63, 3.8) is 0 Å². The summed E-state index contributed by atoms with van der Waals surface area (Å²) in [7, 11) is -1.36. The molecule has 2 aromatic carbocycles. The molecule has 0 spiro atoms. The van der Waals surface area contributed by atoms with Crippen LogP contribution in [0.25, 0.3) is 0 Å². The quantitative estimate of drug-likeness (QED) is 0.674. The lowest BCUT2D eigenvalue weighted by Gasteiger charge is -2.13. The molecule has 0 fully saturated rings. The highest BCUT2D eigenvalue weighted by molar-refractivity contribution is 7.90. The summed E-state index contributed by atoms with van der Waals surface area (Å²) in [6.45, 7) is 1.39. The molecule has 136 valence electrons. The summed E-state index contributed by atoms with van der Waals surface area (Å²) in [6, 6.07) is 13.1. The van der Waals surface area contributed by atoms with Gasteiger partial charge in [-0.1, -0.05) is 29.8 Å². The topological polar surface area (TPSA) is 64.6 Å². The number of hydrogen-bond acceptors (Lipinski definition) is 5. The standard InChI is InChI=1S/C18H22ClNO4S/c1-23-18-11-15(12-20-9-10-25(2,21)22)5-8-17(18)24-13-14-3-6-16(19)7-4-14/h3-8,11,20H,9-10,12-13H2,1-2H3. The Bertz CT molecular complexity index is 791. The molecule has 1 N–H and O–H groups in total. The first kappa shape index (κ1) is 19.6. The lowest BCUT2D eigenvalue weighted by Crippen LogP contribution is -2.21. The molecule has 2 aromatic rings. The molecule has 0 bridgehead atoms. The zero-order valence-electron chi connectivity index (χ0n) is 14.3. The van der Waals surface area contributed by atoms with Crippen LogP contribution >= 0.6 is 11.6 Å². The molecule has 0 aliphatic carbocycles. The Morgan fingerprint density at radius 2 is 1.72 bits per heavy atom. The van der Waals surface area contributed by atoms with Crippen LogP contribution in [-0.2, 0) is 23.0 Å². The molecule has 2 rings (SSSR count). The van der Waals surface area contributed by atoms with E-state index in [9.17, 15) is 8.42 Å². The number of benzene rings is 2. The molecular weight excluding hydrogens is 362 g/mol. The van der Waals surface area contributed by atoms with Crippen LogP contribution in [0.3, 0.4) is 0 Å². The van der Waals surface area contributed by atoms with Crippen molar-refractivity contribution in [2.24, 2.45) is 0 Å². The van der Waals surface area contributed by atoms with E-state index in [1.165, 1.54) is 6.26 Å². The number of halogens is 1. The lowest BCUT2D eigenvalue weighted by molar-refractivity contribution is 0.284. The van der Waals surface area contributed by atoms with E-state index in [1.54, 1.807) is 7.11 Å². The summed E-state index contributed by atoms with van der Waals surface area (Å²) in [5.41, 5.74) is 2.00. The largest absolute Gasteiger partial charge is 0.493 e. The van der Waals surface area contributed by atoms with Gasteiger partial charge in [0.2, 0.25) is 0 Å². The van der Waals surface area contributed by atoms with Gasteiger partial charge < -0.3 is 14.8 Å². The maximum absolute atomic E-state index is 11.1. The Morgan fingerprint density at radius 1 is 1.04 bits per heavy atom. The molecule has 7 heteroatoms. The normalized spacial score (nSPS) is 11.3. The zero-order chi connectivity index (χ0) is 18.3. The first-order chi connectivity index (χ1) is 11.9. The number of hydrogen-bond donors (Lipinski definition) is 1. The number of ether oxygens (including phenoxy) is 2. The zero-order valence-corrected chi connectivity index (χ0v) is 15.9. The molecule has 0 aliphatic rings. The fourth-order valence-electron chi connectivity index (χ4n) is 2.17. The molecule has 0 unspecified atom stereocenters. The van der Waals surface area contributed by atoms with Gasteiger partial charge >= 0.3 is 0 Å². The number of sulfone groups is 1.